The summed E-state index contributed by atoms with van der Waals surface area (Å²) in [5.74, 6) is -0.481. The summed E-state index contributed by atoms with van der Waals surface area (Å²) in [4.78, 5) is 31.4. The average molecular weight is 508 g/mol. The lowest BCUT2D eigenvalue weighted by Crippen LogP contribution is -2.46. The SMILES string of the molecule is O=C(NC1CCCC1)[C@H](c1ccc(N2CCOCC2)cc1)N(C(=O)c1ccco1)c1cccc(Cl)c1. The smallest absolute Gasteiger partial charge is 0.294 e. The van der Waals surface area contributed by atoms with Crippen molar-refractivity contribution < 1.29 is 18.7 Å². The first-order chi connectivity index (χ1) is 17.6. The average Bonchev–Trinajstić information content (AvgIpc) is 3.62. The summed E-state index contributed by atoms with van der Waals surface area (Å²) < 4.78 is 10.9. The van der Waals surface area contributed by atoms with Crippen LogP contribution in [0, 0.1) is 0 Å². The second-order valence-corrected chi connectivity index (χ2v) is 9.65. The third kappa shape index (κ3) is 5.42. The number of amides is 2. The van der Waals surface area contributed by atoms with Crippen molar-refractivity contribution in [1.82, 2.24) is 5.32 Å². The number of nitrogens with zero attached hydrogens (tertiary/aromatic N) is 2. The van der Waals surface area contributed by atoms with Crippen LogP contribution < -0.4 is 15.1 Å². The number of furan rings is 1. The van der Waals surface area contributed by atoms with E-state index in [0.29, 0.717) is 29.5 Å². The molecule has 3 aromatic rings. The van der Waals surface area contributed by atoms with Crippen molar-refractivity contribution in [2.24, 2.45) is 0 Å². The van der Waals surface area contributed by atoms with Gasteiger partial charge in [0, 0.05) is 35.5 Å². The molecule has 36 heavy (non-hydrogen) atoms. The quantitative estimate of drug-likeness (QED) is 0.474. The van der Waals surface area contributed by atoms with Gasteiger partial charge in [-0.15, -0.1) is 0 Å². The summed E-state index contributed by atoms with van der Waals surface area (Å²) in [6, 6.07) is 17.3. The van der Waals surface area contributed by atoms with E-state index in [1.54, 1.807) is 36.4 Å². The van der Waals surface area contributed by atoms with Crippen molar-refractivity contribution in [3.63, 3.8) is 0 Å². The number of carbonyl (C=O) groups is 2. The lowest BCUT2D eigenvalue weighted by atomic mass is 10.0. The van der Waals surface area contributed by atoms with Crippen molar-refractivity contribution in [2.75, 3.05) is 36.1 Å². The van der Waals surface area contributed by atoms with Crippen LogP contribution in [0.5, 0.6) is 0 Å². The molecule has 1 atom stereocenters. The van der Waals surface area contributed by atoms with E-state index >= 15 is 0 Å². The second-order valence-electron chi connectivity index (χ2n) is 9.22. The van der Waals surface area contributed by atoms with Gasteiger partial charge in [-0.2, -0.15) is 0 Å². The van der Waals surface area contributed by atoms with E-state index in [-0.39, 0.29) is 17.7 Å². The van der Waals surface area contributed by atoms with Crippen LogP contribution in [0.4, 0.5) is 11.4 Å². The summed E-state index contributed by atoms with van der Waals surface area (Å²) in [5.41, 5.74) is 2.29. The van der Waals surface area contributed by atoms with E-state index in [1.807, 2.05) is 24.3 Å². The molecule has 8 heteroatoms. The van der Waals surface area contributed by atoms with Crippen LogP contribution in [0.25, 0.3) is 0 Å². The maximum absolute atomic E-state index is 13.9. The number of rotatable bonds is 7. The topological polar surface area (TPSA) is 75.0 Å². The van der Waals surface area contributed by atoms with E-state index < -0.39 is 11.9 Å². The molecule has 188 valence electrons. The highest BCUT2D eigenvalue weighted by Crippen LogP contribution is 2.33. The van der Waals surface area contributed by atoms with Crippen molar-refractivity contribution >= 4 is 34.8 Å². The van der Waals surface area contributed by atoms with Crippen molar-refractivity contribution in [1.29, 1.82) is 0 Å². The minimum atomic E-state index is -0.902. The molecule has 1 N–H and O–H groups in total. The molecular formula is C28H30ClN3O4. The Morgan fingerprint density at radius 1 is 1.00 bits per heavy atom. The van der Waals surface area contributed by atoms with Gasteiger partial charge in [0.2, 0.25) is 5.91 Å². The summed E-state index contributed by atoms with van der Waals surface area (Å²) >= 11 is 6.32. The Labute approximate surface area is 216 Å². The molecule has 0 unspecified atom stereocenters. The number of morpholine rings is 1. The van der Waals surface area contributed by atoms with E-state index in [0.717, 1.165) is 44.5 Å². The molecule has 2 fully saturated rings. The van der Waals surface area contributed by atoms with Crippen molar-refractivity contribution in [3.05, 3.63) is 83.3 Å². The molecule has 1 aliphatic carbocycles. The normalized spacial score (nSPS) is 17.1. The number of benzene rings is 2. The van der Waals surface area contributed by atoms with E-state index in [4.69, 9.17) is 20.8 Å². The van der Waals surface area contributed by atoms with E-state index in [2.05, 4.69) is 10.2 Å². The summed E-state index contributed by atoms with van der Waals surface area (Å²) in [6.07, 6.45) is 5.52. The number of ether oxygens (including phenoxy) is 1. The molecule has 1 saturated heterocycles. The standard InChI is InChI=1S/C28H30ClN3O4/c29-21-5-3-8-24(19-21)32(28(34)25-9-4-16-36-25)26(27(33)30-22-6-1-2-7-22)20-10-12-23(13-11-20)31-14-17-35-18-15-31/h3-5,8-13,16,19,22,26H,1-2,6-7,14-15,17-18H2,(H,30,33)/t26-/m0/s1. The second kappa shape index (κ2) is 11.2. The largest absolute Gasteiger partial charge is 0.459 e. The molecular weight excluding hydrogens is 478 g/mol. The summed E-state index contributed by atoms with van der Waals surface area (Å²) in [6.45, 7) is 3.01. The lowest BCUT2D eigenvalue weighted by molar-refractivity contribution is -0.123. The van der Waals surface area contributed by atoms with Crippen LogP contribution in [-0.2, 0) is 9.53 Å². The van der Waals surface area contributed by atoms with Crippen LogP contribution in [0.2, 0.25) is 5.02 Å². The van der Waals surface area contributed by atoms with Gasteiger partial charge in [0.1, 0.15) is 6.04 Å². The summed E-state index contributed by atoms with van der Waals surface area (Å²) in [5, 5.41) is 3.67. The number of hydrogen-bond acceptors (Lipinski definition) is 5. The van der Waals surface area contributed by atoms with Gasteiger partial charge in [0.05, 0.1) is 19.5 Å². The van der Waals surface area contributed by atoms with E-state index in [9.17, 15) is 9.59 Å². The monoisotopic (exact) mass is 507 g/mol. The zero-order valence-corrected chi connectivity index (χ0v) is 20.8. The molecule has 5 rings (SSSR count). The van der Waals surface area contributed by atoms with Gasteiger partial charge in [-0.1, -0.05) is 42.6 Å². The Bertz CT molecular complexity index is 1170. The van der Waals surface area contributed by atoms with Crippen LogP contribution in [0.3, 0.4) is 0 Å². The zero-order valence-electron chi connectivity index (χ0n) is 20.1. The van der Waals surface area contributed by atoms with Crippen LogP contribution in [0.15, 0.2) is 71.3 Å². The van der Waals surface area contributed by atoms with Gasteiger partial charge in [-0.05, 0) is 60.9 Å². The Hall–Kier alpha value is -3.29. The Morgan fingerprint density at radius 3 is 2.42 bits per heavy atom. The number of nitrogens with one attached hydrogen (secondary N) is 1. The molecule has 1 aliphatic heterocycles. The fraction of sp³-hybridized carbons (Fsp3) is 0.357. The maximum Gasteiger partial charge on any atom is 0.294 e. The number of carbonyl (C=O) groups excluding carboxylic acids is 2. The minimum absolute atomic E-state index is 0.104. The number of halogens is 1. The minimum Gasteiger partial charge on any atom is -0.459 e. The molecule has 2 aliphatic rings. The van der Waals surface area contributed by atoms with Gasteiger partial charge in [-0.25, -0.2) is 0 Å². The first-order valence-electron chi connectivity index (χ1n) is 12.5. The van der Waals surface area contributed by atoms with Gasteiger partial charge < -0.3 is 19.4 Å². The third-order valence-electron chi connectivity index (χ3n) is 6.83. The van der Waals surface area contributed by atoms with Gasteiger partial charge in [0.15, 0.2) is 5.76 Å². The summed E-state index contributed by atoms with van der Waals surface area (Å²) in [7, 11) is 0. The van der Waals surface area contributed by atoms with Gasteiger partial charge in [-0.3, -0.25) is 14.5 Å². The molecule has 0 bridgehead atoms. The molecule has 2 aromatic carbocycles. The van der Waals surface area contributed by atoms with E-state index in [1.165, 1.54) is 11.2 Å². The molecule has 2 amide bonds. The van der Waals surface area contributed by atoms with Crippen molar-refractivity contribution in [2.45, 2.75) is 37.8 Å². The molecule has 2 heterocycles. The van der Waals surface area contributed by atoms with Crippen LogP contribution in [-0.4, -0.2) is 44.2 Å². The lowest BCUT2D eigenvalue weighted by Gasteiger charge is -2.33. The fourth-order valence-corrected chi connectivity index (χ4v) is 5.17. The Morgan fingerprint density at radius 2 is 1.75 bits per heavy atom. The van der Waals surface area contributed by atoms with Gasteiger partial charge >= 0.3 is 0 Å². The highest BCUT2D eigenvalue weighted by Gasteiger charge is 2.36. The predicted octanol–water partition coefficient (Wildman–Crippen LogP) is 5.22. The van der Waals surface area contributed by atoms with Gasteiger partial charge in [0.25, 0.3) is 5.91 Å². The molecule has 1 aromatic heterocycles. The third-order valence-corrected chi connectivity index (χ3v) is 7.07. The molecule has 0 spiro atoms. The number of hydrogen-bond donors (Lipinski definition) is 1. The van der Waals surface area contributed by atoms with Crippen LogP contribution >= 0.6 is 11.6 Å². The number of anilines is 2. The Kier molecular flexibility index (Phi) is 7.58. The first kappa shape index (κ1) is 24.4. The highest BCUT2D eigenvalue weighted by molar-refractivity contribution is 6.31. The predicted molar refractivity (Wildman–Crippen MR) is 140 cm³/mol. The Balaban J connectivity index is 1.55. The first-order valence-corrected chi connectivity index (χ1v) is 12.8. The van der Waals surface area contributed by atoms with Crippen molar-refractivity contribution in [3.8, 4) is 0 Å². The zero-order chi connectivity index (χ0) is 24.9. The maximum atomic E-state index is 13.9. The highest BCUT2D eigenvalue weighted by atomic mass is 35.5. The molecule has 1 saturated carbocycles. The fourth-order valence-electron chi connectivity index (χ4n) is 4.99. The molecule has 7 nitrogen and oxygen atoms in total. The van der Waals surface area contributed by atoms with Crippen LogP contribution in [0.1, 0.15) is 47.8 Å². The molecule has 0 radical (unpaired) electrons.